The second kappa shape index (κ2) is 7.36. The number of nitrogens with one attached hydrogen (secondary N) is 1. The van der Waals surface area contributed by atoms with Crippen LogP contribution in [0.5, 0.6) is 0 Å². The van der Waals surface area contributed by atoms with Crippen LogP contribution in [0.15, 0.2) is 59.2 Å². The number of hydrazine groups is 1. The van der Waals surface area contributed by atoms with Gasteiger partial charge in [0.1, 0.15) is 5.69 Å². The monoisotopic (exact) mass is 415 g/mol. The van der Waals surface area contributed by atoms with Crippen LogP contribution in [0.4, 0.5) is 17.1 Å². The van der Waals surface area contributed by atoms with Crippen molar-refractivity contribution in [1.29, 1.82) is 0 Å². The number of nitrogens with zero attached hydrogens (tertiary/aromatic N) is 4. The highest BCUT2D eigenvalue weighted by Gasteiger charge is 2.19. The maximum Gasteiger partial charge on any atom is 0.294 e. The fourth-order valence-corrected chi connectivity index (χ4v) is 3.15. The van der Waals surface area contributed by atoms with Crippen LogP contribution in [0.25, 0.3) is 11.3 Å². The van der Waals surface area contributed by atoms with E-state index in [0.717, 1.165) is 20.7 Å². The molecular formula is C17H14BrN5O3. The van der Waals surface area contributed by atoms with E-state index in [1.165, 1.54) is 12.1 Å². The zero-order chi connectivity index (χ0) is 18.7. The Kier molecular flexibility index (Phi) is 4.99. The van der Waals surface area contributed by atoms with Crippen LogP contribution in [0, 0.1) is 10.1 Å². The number of hydrogen-bond acceptors (Lipinski definition) is 5. The molecule has 0 aliphatic carbocycles. The molecule has 0 spiro atoms. The fraction of sp³-hybridized carbons (Fsp3) is 0.0588. The number of aromatic nitrogens is 2. The lowest BCUT2D eigenvalue weighted by molar-refractivity contribution is -0.384. The molecule has 3 rings (SSSR count). The summed E-state index contributed by atoms with van der Waals surface area (Å²) >= 11 is 3.46. The van der Waals surface area contributed by atoms with Crippen molar-refractivity contribution in [3.8, 4) is 11.3 Å². The minimum Gasteiger partial charge on any atom is -0.291 e. The van der Waals surface area contributed by atoms with Crippen LogP contribution < -0.4 is 10.4 Å². The molecular weight excluding hydrogens is 402 g/mol. The highest BCUT2D eigenvalue weighted by Crippen LogP contribution is 2.31. The van der Waals surface area contributed by atoms with Crippen LogP contribution in [0.3, 0.4) is 0 Å². The summed E-state index contributed by atoms with van der Waals surface area (Å²) in [7, 11) is 1.82. The highest BCUT2D eigenvalue weighted by molar-refractivity contribution is 9.10. The molecule has 0 radical (unpaired) electrons. The van der Waals surface area contributed by atoms with Crippen molar-refractivity contribution in [3.05, 3.63) is 69.3 Å². The van der Waals surface area contributed by atoms with Crippen LogP contribution in [-0.4, -0.2) is 21.1 Å². The molecule has 0 aliphatic heterocycles. The summed E-state index contributed by atoms with van der Waals surface area (Å²) in [6.07, 6.45) is 2.19. The third-order valence-corrected chi connectivity index (χ3v) is 4.30. The molecule has 1 heterocycles. The molecule has 1 N–H and O–H groups in total. The van der Waals surface area contributed by atoms with Crippen LogP contribution >= 0.6 is 15.9 Å². The molecule has 1 amide bonds. The zero-order valence-electron chi connectivity index (χ0n) is 13.7. The molecule has 1 aromatic heterocycles. The number of carbonyl (C=O) groups excluding carboxylic acids is 1. The van der Waals surface area contributed by atoms with Crippen molar-refractivity contribution in [2.75, 3.05) is 10.4 Å². The molecule has 132 valence electrons. The molecule has 0 fully saturated rings. The van der Waals surface area contributed by atoms with Crippen LogP contribution in [0.1, 0.15) is 0 Å². The number of aryl methyl sites for hydroxylation is 1. The van der Waals surface area contributed by atoms with Crippen molar-refractivity contribution in [2.45, 2.75) is 0 Å². The predicted octanol–water partition coefficient (Wildman–Crippen LogP) is 3.75. The van der Waals surface area contributed by atoms with Gasteiger partial charge >= 0.3 is 0 Å². The first-order valence-corrected chi connectivity index (χ1v) is 8.33. The summed E-state index contributed by atoms with van der Waals surface area (Å²) in [6.45, 7) is 0. The number of carbonyl (C=O) groups is 1. The van der Waals surface area contributed by atoms with Gasteiger partial charge in [-0.1, -0.05) is 24.3 Å². The van der Waals surface area contributed by atoms with Crippen molar-refractivity contribution in [2.24, 2.45) is 7.05 Å². The number of nitro groups is 1. The first-order valence-electron chi connectivity index (χ1n) is 7.54. The summed E-state index contributed by atoms with van der Waals surface area (Å²) in [4.78, 5) is 22.2. The molecule has 2 aromatic carbocycles. The molecule has 8 nitrogen and oxygen atoms in total. The molecule has 9 heteroatoms. The Bertz CT molecular complexity index is 953. The van der Waals surface area contributed by atoms with Gasteiger partial charge in [-0.3, -0.25) is 25.0 Å². The van der Waals surface area contributed by atoms with Crippen molar-refractivity contribution >= 4 is 39.4 Å². The first kappa shape index (κ1) is 17.6. The van der Waals surface area contributed by atoms with E-state index in [0.29, 0.717) is 12.1 Å². The number of rotatable bonds is 6. The standard InChI is InChI=1S/C17H14BrN5O3/c1-21-17(14(18)10-19-21)12-5-4-6-13(9-12)20-22(11-24)15-7-2-3-8-16(15)23(25)26/h2-11,20H,1H3. The summed E-state index contributed by atoms with van der Waals surface area (Å²) in [6, 6.07) is 13.3. The first-order chi connectivity index (χ1) is 12.5. The number of halogens is 1. The SMILES string of the molecule is Cn1ncc(Br)c1-c1cccc(NN(C=O)c2ccccc2[N+](=O)[O-])c1. The summed E-state index contributed by atoms with van der Waals surface area (Å²) in [5.41, 5.74) is 5.22. The lowest BCUT2D eigenvalue weighted by Gasteiger charge is -2.20. The van der Waals surface area contributed by atoms with Crippen molar-refractivity contribution in [3.63, 3.8) is 0 Å². The van der Waals surface area contributed by atoms with Crippen LogP contribution in [0.2, 0.25) is 0 Å². The zero-order valence-corrected chi connectivity index (χ0v) is 15.3. The van der Waals surface area contributed by atoms with Gasteiger partial charge in [-0.05, 0) is 34.1 Å². The Labute approximate surface area is 157 Å². The van der Waals surface area contributed by atoms with E-state index in [1.54, 1.807) is 29.1 Å². The molecule has 0 atom stereocenters. The van der Waals surface area contributed by atoms with E-state index in [1.807, 2.05) is 25.2 Å². The van der Waals surface area contributed by atoms with E-state index in [9.17, 15) is 14.9 Å². The van der Waals surface area contributed by atoms with Gasteiger partial charge < -0.3 is 0 Å². The van der Waals surface area contributed by atoms with Gasteiger partial charge in [0.2, 0.25) is 6.41 Å². The average molecular weight is 416 g/mol. The number of nitro benzene ring substituents is 1. The lowest BCUT2D eigenvalue weighted by Crippen LogP contribution is -2.28. The Morgan fingerprint density at radius 1 is 1.27 bits per heavy atom. The molecule has 0 aliphatic rings. The second-order valence-electron chi connectivity index (χ2n) is 5.38. The Morgan fingerprint density at radius 2 is 2.04 bits per heavy atom. The van der Waals surface area contributed by atoms with E-state index >= 15 is 0 Å². The molecule has 0 saturated heterocycles. The molecule has 0 saturated carbocycles. The minimum absolute atomic E-state index is 0.152. The molecule has 0 unspecified atom stereocenters. The predicted molar refractivity (Wildman–Crippen MR) is 102 cm³/mol. The summed E-state index contributed by atoms with van der Waals surface area (Å²) in [5.74, 6) is 0. The van der Waals surface area contributed by atoms with E-state index in [4.69, 9.17) is 0 Å². The largest absolute Gasteiger partial charge is 0.294 e. The van der Waals surface area contributed by atoms with Gasteiger partial charge in [0.25, 0.3) is 5.69 Å². The minimum atomic E-state index is -0.531. The van der Waals surface area contributed by atoms with Crippen LogP contribution in [-0.2, 0) is 11.8 Å². The second-order valence-corrected chi connectivity index (χ2v) is 6.23. The smallest absolute Gasteiger partial charge is 0.291 e. The van der Waals surface area contributed by atoms with E-state index < -0.39 is 4.92 Å². The number of benzene rings is 2. The third kappa shape index (κ3) is 3.42. The van der Waals surface area contributed by atoms with Crippen molar-refractivity contribution in [1.82, 2.24) is 9.78 Å². The van der Waals surface area contributed by atoms with Gasteiger partial charge in [-0.25, -0.2) is 5.01 Å². The summed E-state index contributed by atoms with van der Waals surface area (Å²) < 4.78 is 2.56. The molecule has 0 bridgehead atoms. The number of hydrogen-bond donors (Lipinski definition) is 1. The Morgan fingerprint density at radius 3 is 2.69 bits per heavy atom. The molecule has 26 heavy (non-hydrogen) atoms. The van der Waals surface area contributed by atoms with Gasteiger partial charge in [-0.15, -0.1) is 0 Å². The number of para-hydroxylation sites is 2. The van der Waals surface area contributed by atoms with Gasteiger partial charge in [0.15, 0.2) is 0 Å². The quantitative estimate of drug-likeness (QED) is 0.375. The number of amides is 1. The van der Waals surface area contributed by atoms with Crippen molar-refractivity contribution < 1.29 is 9.72 Å². The number of anilines is 2. The third-order valence-electron chi connectivity index (χ3n) is 3.72. The van der Waals surface area contributed by atoms with E-state index in [2.05, 4.69) is 26.5 Å². The Hall–Kier alpha value is -3.20. The Balaban J connectivity index is 1.95. The van der Waals surface area contributed by atoms with Gasteiger partial charge in [0.05, 0.1) is 27.0 Å². The highest BCUT2D eigenvalue weighted by atomic mass is 79.9. The van der Waals surface area contributed by atoms with Gasteiger partial charge in [-0.2, -0.15) is 5.10 Å². The lowest BCUT2D eigenvalue weighted by atomic mass is 10.1. The topological polar surface area (TPSA) is 93.3 Å². The summed E-state index contributed by atoms with van der Waals surface area (Å²) in [5, 5.41) is 16.5. The maximum atomic E-state index is 11.5. The average Bonchev–Trinajstić information content (AvgIpc) is 2.98. The normalized spacial score (nSPS) is 10.4. The van der Waals surface area contributed by atoms with E-state index in [-0.39, 0.29) is 11.4 Å². The van der Waals surface area contributed by atoms with Gasteiger partial charge in [0, 0.05) is 18.7 Å². The molecule has 3 aromatic rings. The fourth-order valence-electron chi connectivity index (χ4n) is 2.58. The maximum absolute atomic E-state index is 11.5.